The molecule has 1 aromatic heterocycles. The van der Waals surface area contributed by atoms with E-state index in [9.17, 15) is 4.79 Å². The summed E-state index contributed by atoms with van der Waals surface area (Å²) in [4.78, 5) is 26.6. The topological polar surface area (TPSA) is 94.6 Å². The van der Waals surface area contributed by atoms with Crippen molar-refractivity contribution in [1.29, 1.82) is 0 Å². The Hall–Kier alpha value is -3.14. The molecule has 9 nitrogen and oxygen atoms in total. The highest BCUT2D eigenvalue weighted by Crippen LogP contribution is 2.65. The van der Waals surface area contributed by atoms with Crippen molar-refractivity contribution in [2.75, 3.05) is 61.9 Å². The lowest BCUT2D eigenvalue weighted by atomic mass is 9.40. The number of anilines is 4. The van der Waals surface area contributed by atoms with Crippen molar-refractivity contribution in [2.45, 2.75) is 58.4 Å². The van der Waals surface area contributed by atoms with Crippen LogP contribution in [0.4, 0.5) is 27.5 Å². The number of fused-ring (bicyclic) bond motifs is 3. The van der Waals surface area contributed by atoms with Gasteiger partial charge in [0.2, 0.25) is 11.9 Å². The largest absolute Gasteiger partial charge is 0.489 e. The van der Waals surface area contributed by atoms with Gasteiger partial charge in [0.05, 0.1) is 29.9 Å². The fraction of sp³-hybridized carbons (Fsp3) is 0.645. The number of nitrogens with zero attached hydrogens (tertiary/aromatic N) is 4. The highest BCUT2D eigenvalue weighted by molar-refractivity contribution is 5.81. The predicted octanol–water partition coefficient (Wildman–Crippen LogP) is 4.64. The van der Waals surface area contributed by atoms with Crippen LogP contribution in [0.15, 0.2) is 24.4 Å². The summed E-state index contributed by atoms with van der Waals surface area (Å²) in [6.45, 7) is 12.5. The molecule has 2 aliphatic heterocycles. The van der Waals surface area contributed by atoms with Crippen LogP contribution in [0.2, 0.25) is 0 Å². The van der Waals surface area contributed by atoms with E-state index in [1.54, 1.807) is 7.05 Å². The molecule has 4 fully saturated rings. The summed E-state index contributed by atoms with van der Waals surface area (Å²) >= 11 is 0. The third-order valence-corrected chi connectivity index (χ3v) is 10.4. The molecule has 7 rings (SSSR count). The molecule has 1 aromatic carbocycles. The first-order chi connectivity index (χ1) is 19.7. The molecule has 3 aliphatic carbocycles. The van der Waals surface area contributed by atoms with Gasteiger partial charge in [-0.1, -0.05) is 20.3 Å². The monoisotopic (exact) mass is 565 g/mol. The van der Waals surface area contributed by atoms with Crippen LogP contribution < -0.4 is 25.6 Å². The molecule has 4 atom stereocenters. The maximum atomic E-state index is 15.1. The van der Waals surface area contributed by atoms with E-state index in [1.807, 2.05) is 19.1 Å². The third-order valence-electron chi connectivity index (χ3n) is 10.4. The second-order valence-electron chi connectivity index (χ2n) is 13.1. The maximum Gasteiger partial charge on any atom is 0.229 e. The number of carbonyl (C=O) groups excluding carboxylic acids is 1. The average molecular weight is 566 g/mol. The number of rotatable bonds is 8. The van der Waals surface area contributed by atoms with E-state index in [1.165, 1.54) is 38.5 Å². The second kappa shape index (κ2) is 10.9. The molecule has 2 bridgehead atoms. The Bertz CT molecular complexity index is 1280. The molecule has 3 N–H and O–H groups in total. The molecule has 2 aromatic rings. The van der Waals surface area contributed by atoms with Crippen molar-refractivity contribution in [3.05, 3.63) is 30.2 Å². The summed E-state index contributed by atoms with van der Waals surface area (Å²) in [5, 5.41) is 9.45. The number of halogens is 1. The van der Waals surface area contributed by atoms with Crippen molar-refractivity contribution in [1.82, 2.24) is 20.2 Å². The number of amides is 1. The van der Waals surface area contributed by atoms with Gasteiger partial charge in [-0.2, -0.15) is 4.98 Å². The molecule has 1 saturated heterocycles. The molecule has 0 spiro atoms. The zero-order valence-corrected chi connectivity index (χ0v) is 24.8. The van der Waals surface area contributed by atoms with E-state index < -0.39 is 11.4 Å². The van der Waals surface area contributed by atoms with E-state index in [-0.39, 0.29) is 34.9 Å². The summed E-state index contributed by atoms with van der Waals surface area (Å²) < 4.78 is 21.1. The van der Waals surface area contributed by atoms with Gasteiger partial charge >= 0.3 is 0 Å². The molecule has 10 heteroatoms. The fourth-order valence-electron chi connectivity index (χ4n) is 7.87. The lowest BCUT2D eigenvalue weighted by molar-refractivity contribution is -0.155. The molecule has 222 valence electrons. The number of benzene rings is 1. The summed E-state index contributed by atoms with van der Waals surface area (Å²) in [5.41, 5.74) is 1.30. The molecule has 5 aliphatic rings. The van der Waals surface area contributed by atoms with Crippen LogP contribution in [0.5, 0.6) is 5.75 Å². The van der Waals surface area contributed by atoms with Gasteiger partial charge in [-0.15, -0.1) is 0 Å². The van der Waals surface area contributed by atoms with Gasteiger partial charge in [0.15, 0.2) is 11.6 Å². The molecule has 3 saturated carbocycles. The molecule has 0 unspecified atom stereocenters. The number of aromatic nitrogens is 2. The van der Waals surface area contributed by atoms with E-state index in [0.717, 1.165) is 49.6 Å². The van der Waals surface area contributed by atoms with Gasteiger partial charge in [-0.05, 0) is 75.1 Å². The fourth-order valence-corrected chi connectivity index (χ4v) is 7.87. The normalized spacial score (nSPS) is 28.6. The number of nitrogens with one attached hydrogen (secondary N) is 3. The second-order valence-corrected chi connectivity index (χ2v) is 13.1. The van der Waals surface area contributed by atoms with Gasteiger partial charge in [-0.25, -0.2) is 9.37 Å². The van der Waals surface area contributed by atoms with E-state index >= 15 is 4.39 Å². The van der Waals surface area contributed by atoms with Crippen LogP contribution in [0.25, 0.3) is 0 Å². The maximum absolute atomic E-state index is 15.1. The van der Waals surface area contributed by atoms with Crippen LogP contribution in [0, 0.1) is 29.0 Å². The number of piperidine rings is 1. The van der Waals surface area contributed by atoms with Crippen molar-refractivity contribution >= 4 is 29.0 Å². The Morgan fingerprint density at radius 3 is 2.68 bits per heavy atom. The van der Waals surface area contributed by atoms with Crippen LogP contribution in [0.3, 0.4) is 0 Å². The molecule has 41 heavy (non-hydrogen) atoms. The smallest absolute Gasteiger partial charge is 0.229 e. The first kappa shape index (κ1) is 28.0. The Morgan fingerprint density at radius 1 is 1.12 bits per heavy atom. The number of carbonyl (C=O) groups is 1. The zero-order valence-electron chi connectivity index (χ0n) is 24.8. The Balaban J connectivity index is 1.18. The number of likely N-dealkylation sites (tertiary alicyclic amines) is 1. The van der Waals surface area contributed by atoms with Gasteiger partial charge in [0, 0.05) is 31.9 Å². The van der Waals surface area contributed by atoms with Crippen molar-refractivity contribution < 1.29 is 13.9 Å². The molecular formula is C31H44FN7O2. The van der Waals surface area contributed by atoms with Crippen molar-refractivity contribution in [3.8, 4) is 5.75 Å². The standard InChI is InChI=1S/C31H44FN7O2/c1-30(2)20-16-22(28(40)33-4)31(3,26(30)17-20)37-27-23(32)19-34-29(36-27)35-21-8-9-24-25(18-21)41-15-14-39(24)13-12-38-10-6-5-7-11-38/h8-9,18-20,22,26H,5-7,10-17H2,1-4H3,(H,33,40)(H2,34,35,36,37)/t20-,22+,26-,31-/m0/s1. The zero-order chi connectivity index (χ0) is 28.8. The number of hydrogen-bond donors (Lipinski definition) is 3. The van der Waals surface area contributed by atoms with Crippen LogP contribution in [-0.2, 0) is 4.79 Å². The minimum atomic E-state index is -0.637. The van der Waals surface area contributed by atoms with E-state index in [4.69, 9.17) is 4.74 Å². The van der Waals surface area contributed by atoms with Crippen LogP contribution >= 0.6 is 0 Å². The van der Waals surface area contributed by atoms with Gasteiger partial charge in [0.1, 0.15) is 12.4 Å². The predicted molar refractivity (Wildman–Crippen MR) is 159 cm³/mol. The van der Waals surface area contributed by atoms with Crippen LogP contribution in [0.1, 0.15) is 52.9 Å². The van der Waals surface area contributed by atoms with Crippen LogP contribution in [-0.4, -0.2) is 72.7 Å². The molecule has 3 heterocycles. The summed E-state index contributed by atoms with van der Waals surface area (Å²) in [5.74, 6) is 1.10. The van der Waals surface area contributed by atoms with E-state index in [2.05, 4.69) is 55.6 Å². The first-order valence-electron chi connectivity index (χ1n) is 15.2. The first-order valence-corrected chi connectivity index (χ1v) is 15.2. The molecule has 1 amide bonds. The van der Waals surface area contributed by atoms with Gasteiger partial charge < -0.3 is 30.5 Å². The lowest BCUT2D eigenvalue weighted by Crippen LogP contribution is -2.69. The highest BCUT2D eigenvalue weighted by Gasteiger charge is 2.64. The molecule has 0 radical (unpaired) electrons. The third kappa shape index (κ3) is 5.19. The van der Waals surface area contributed by atoms with Crippen molar-refractivity contribution in [3.63, 3.8) is 0 Å². The Morgan fingerprint density at radius 2 is 1.93 bits per heavy atom. The summed E-state index contributed by atoms with van der Waals surface area (Å²) in [7, 11) is 1.66. The Kier molecular flexibility index (Phi) is 7.46. The Labute approximate surface area is 242 Å². The summed E-state index contributed by atoms with van der Waals surface area (Å²) in [6, 6.07) is 6.02. The summed E-state index contributed by atoms with van der Waals surface area (Å²) in [6.07, 6.45) is 6.91. The lowest BCUT2D eigenvalue weighted by Gasteiger charge is -2.66. The van der Waals surface area contributed by atoms with Crippen molar-refractivity contribution in [2.24, 2.45) is 23.2 Å². The molecular weight excluding hydrogens is 521 g/mol. The minimum absolute atomic E-state index is 0.0166. The quantitative estimate of drug-likeness (QED) is 0.426. The average Bonchev–Trinajstić information content (AvgIpc) is 2.97. The van der Waals surface area contributed by atoms with Gasteiger partial charge in [-0.3, -0.25) is 4.79 Å². The number of hydrogen-bond acceptors (Lipinski definition) is 8. The van der Waals surface area contributed by atoms with Gasteiger partial charge in [0.25, 0.3) is 0 Å². The number of ether oxygens (including phenoxy) is 1. The SMILES string of the molecule is CNC(=O)[C@H]1C[C@H]2C[C@@H](C2(C)C)[C@@]1(C)Nc1nc(Nc2ccc3c(c2)OCCN3CCN2CCCCC2)ncc1F. The highest BCUT2D eigenvalue weighted by atomic mass is 19.1. The minimum Gasteiger partial charge on any atom is -0.489 e. The van der Waals surface area contributed by atoms with E-state index in [0.29, 0.717) is 12.5 Å².